The number of nitrogens with zero attached hydrogens (tertiary/aromatic N) is 1. The van der Waals surface area contributed by atoms with Gasteiger partial charge >= 0.3 is 12.1 Å². The molecule has 0 spiro atoms. The number of furan rings is 1. The van der Waals surface area contributed by atoms with Gasteiger partial charge in [0.15, 0.2) is 0 Å². The van der Waals surface area contributed by atoms with Gasteiger partial charge in [-0.1, -0.05) is 0 Å². The third kappa shape index (κ3) is 8.36. The van der Waals surface area contributed by atoms with E-state index < -0.39 is 36.4 Å². The highest BCUT2D eigenvalue weighted by molar-refractivity contribution is 6.00. The van der Waals surface area contributed by atoms with Gasteiger partial charge in [0.25, 0.3) is 0 Å². The van der Waals surface area contributed by atoms with Crippen LogP contribution in [0.2, 0.25) is 0 Å². The number of hydrogen-bond donors (Lipinski definition) is 2. The first kappa shape index (κ1) is 35.3. The molecule has 3 aliphatic rings. The Labute approximate surface area is 280 Å². The molecule has 3 amide bonds. The van der Waals surface area contributed by atoms with Gasteiger partial charge in [0.1, 0.15) is 29.7 Å². The molecule has 0 radical (unpaired) electrons. The molecule has 3 atom stereocenters. The number of Topliss-reactive ketones (excluding diaryl/α,β-unsaturated/α-hetero) is 1. The molecule has 262 valence electrons. The van der Waals surface area contributed by atoms with Crippen LogP contribution in [0.1, 0.15) is 96.0 Å². The van der Waals surface area contributed by atoms with Gasteiger partial charge in [-0.05, 0) is 115 Å². The molecule has 1 saturated heterocycles. The number of likely N-dealkylation sites (tertiary alicyclic amines) is 1. The molecule has 1 aromatic heterocycles. The number of carbonyl (C=O) groups is 5. The van der Waals surface area contributed by atoms with Crippen LogP contribution in [-0.2, 0) is 23.9 Å². The fourth-order valence-electron chi connectivity index (χ4n) is 7.67. The van der Waals surface area contributed by atoms with Crippen molar-refractivity contribution < 1.29 is 42.3 Å². The topological polar surface area (TPSA) is 144 Å². The first-order chi connectivity index (χ1) is 22.9. The Bertz CT molecular complexity index is 1500. The van der Waals surface area contributed by atoms with Crippen LogP contribution in [0.3, 0.4) is 0 Å². The lowest BCUT2D eigenvalue weighted by atomic mass is 9.75. The van der Waals surface area contributed by atoms with E-state index in [1.54, 1.807) is 56.9 Å². The zero-order valence-corrected chi connectivity index (χ0v) is 28.3. The average Bonchev–Trinajstić information content (AvgIpc) is 3.68. The van der Waals surface area contributed by atoms with Gasteiger partial charge in [-0.15, -0.1) is 0 Å². The Morgan fingerprint density at radius 2 is 1.73 bits per heavy atom. The summed E-state index contributed by atoms with van der Waals surface area (Å²) in [5.41, 5.74) is 0.291. The largest absolute Gasteiger partial charge is 0.460 e. The van der Waals surface area contributed by atoms with E-state index in [9.17, 15) is 28.4 Å². The molecule has 2 heterocycles. The summed E-state index contributed by atoms with van der Waals surface area (Å²) in [6, 6.07) is 5.28. The third-order valence-electron chi connectivity index (χ3n) is 10.0. The van der Waals surface area contributed by atoms with Crippen molar-refractivity contribution in [2.24, 2.45) is 23.7 Å². The van der Waals surface area contributed by atoms with Gasteiger partial charge in [0.05, 0.1) is 12.6 Å². The Morgan fingerprint density at radius 1 is 1.02 bits per heavy atom. The zero-order valence-electron chi connectivity index (χ0n) is 28.3. The molecule has 2 saturated carbocycles. The van der Waals surface area contributed by atoms with Crippen molar-refractivity contribution in [3.63, 3.8) is 0 Å². The van der Waals surface area contributed by atoms with E-state index >= 15 is 0 Å². The minimum absolute atomic E-state index is 0.0722. The smallest absolute Gasteiger partial charge is 0.407 e. The molecule has 2 aliphatic carbocycles. The van der Waals surface area contributed by atoms with Crippen LogP contribution in [0.15, 0.2) is 28.7 Å². The van der Waals surface area contributed by atoms with Crippen LogP contribution in [0.5, 0.6) is 0 Å². The second-order valence-electron chi connectivity index (χ2n) is 14.4. The van der Waals surface area contributed by atoms with E-state index in [4.69, 9.17) is 13.9 Å². The van der Waals surface area contributed by atoms with Gasteiger partial charge in [0, 0.05) is 36.4 Å². The number of ether oxygens (including phenoxy) is 2. The van der Waals surface area contributed by atoms with Crippen LogP contribution in [0, 0.1) is 23.7 Å². The maximum absolute atomic E-state index is 14.1. The molecule has 1 aromatic carbocycles. The maximum Gasteiger partial charge on any atom is 0.407 e. The van der Waals surface area contributed by atoms with E-state index in [-0.39, 0.29) is 53.6 Å². The van der Waals surface area contributed by atoms with E-state index in [1.165, 1.54) is 0 Å². The van der Waals surface area contributed by atoms with Crippen molar-refractivity contribution in [1.29, 1.82) is 0 Å². The first-order valence-electron chi connectivity index (χ1n) is 17.3. The summed E-state index contributed by atoms with van der Waals surface area (Å²) in [5, 5.41) is 6.31. The summed E-state index contributed by atoms with van der Waals surface area (Å²) in [6.45, 7) is 6.90. The molecule has 2 aromatic rings. The molecule has 0 bridgehead atoms. The van der Waals surface area contributed by atoms with Crippen LogP contribution in [0.25, 0.3) is 11.0 Å². The molecule has 0 unspecified atom stereocenters. The second-order valence-corrected chi connectivity index (χ2v) is 14.4. The predicted molar refractivity (Wildman–Crippen MR) is 176 cm³/mol. The number of nitrogens with one attached hydrogen (secondary N) is 2. The number of hydrogen-bond acceptors (Lipinski definition) is 8. The fraction of sp³-hybridized carbons (Fsp3) is 0.639. The molecule has 12 heteroatoms. The van der Waals surface area contributed by atoms with Gasteiger partial charge in [-0.2, -0.15) is 0 Å². The summed E-state index contributed by atoms with van der Waals surface area (Å²) in [7, 11) is 0. The molecule has 2 N–H and O–H groups in total. The lowest BCUT2D eigenvalue weighted by Crippen LogP contribution is -2.50. The average molecular weight is 670 g/mol. The van der Waals surface area contributed by atoms with Crippen LogP contribution >= 0.6 is 0 Å². The normalized spacial score (nSPS) is 24.3. The number of fused-ring (bicyclic) bond motifs is 1. The van der Waals surface area contributed by atoms with E-state index in [0.29, 0.717) is 81.0 Å². The number of halogens is 1. The number of carbonyl (C=O) groups excluding carboxylic acids is 5. The fourth-order valence-corrected chi connectivity index (χ4v) is 7.67. The number of benzene rings is 1. The highest BCUT2D eigenvalue weighted by atomic mass is 19.1. The summed E-state index contributed by atoms with van der Waals surface area (Å²) in [6.07, 6.45) is 4.59. The molecule has 11 nitrogen and oxygen atoms in total. The Hall–Kier alpha value is -3.96. The standard InChI is InChI=1S/C36H48FN3O8/c1-5-46-34(44)30-19-24-18-25(12-15-29(24)47-30)38-32(42)31-27(21-10-13-26(41)14-11-21)16-17-40(31)33(43)23-8-6-22(7-9-23)28(20-37)39-35(45)48-36(2,3)4/h12,15,18-19,21-23,27-28,31H,5-11,13-14,16-17,20H2,1-4H3,(H,38,42)(H,39,45)/t22?,23?,27-,28-,31+/m1/s1. The highest BCUT2D eigenvalue weighted by Crippen LogP contribution is 2.41. The van der Waals surface area contributed by atoms with E-state index in [0.717, 1.165) is 0 Å². The van der Waals surface area contributed by atoms with Crippen LogP contribution in [0.4, 0.5) is 14.9 Å². The van der Waals surface area contributed by atoms with Crippen molar-refractivity contribution in [1.82, 2.24) is 10.2 Å². The van der Waals surface area contributed by atoms with E-state index in [1.807, 2.05) is 0 Å². The lowest BCUT2D eigenvalue weighted by Gasteiger charge is -2.37. The van der Waals surface area contributed by atoms with Crippen molar-refractivity contribution in [2.45, 2.75) is 103 Å². The van der Waals surface area contributed by atoms with Crippen molar-refractivity contribution >= 4 is 46.3 Å². The summed E-state index contributed by atoms with van der Waals surface area (Å²) >= 11 is 0. The van der Waals surface area contributed by atoms with Crippen LogP contribution in [-0.4, -0.2) is 72.1 Å². The molecular formula is C36H48FN3O8. The maximum atomic E-state index is 14.1. The monoisotopic (exact) mass is 669 g/mol. The number of alkyl carbamates (subject to hydrolysis) is 1. The molecule has 3 fully saturated rings. The number of rotatable bonds is 9. The van der Waals surface area contributed by atoms with Gasteiger partial charge in [-0.25, -0.2) is 14.0 Å². The lowest BCUT2D eigenvalue weighted by molar-refractivity contribution is -0.142. The molecule has 5 rings (SSSR count). The number of esters is 1. The quantitative estimate of drug-likeness (QED) is 0.301. The van der Waals surface area contributed by atoms with Crippen molar-refractivity contribution in [3.05, 3.63) is 30.0 Å². The van der Waals surface area contributed by atoms with Crippen molar-refractivity contribution in [3.8, 4) is 0 Å². The third-order valence-corrected chi connectivity index (χ3v) is 10.0. The number of amides is 3. The minimum atomic E-state index is -0.725. The highest BCUT2D eigenvalue weighted by Gasteiger charge is 2.47. The van der Waals surface area contributed by atoms with Gasteiger partial charge < -0.3 is 29.4 Å². The Morgan fingerprint density at radius 3 is 2.38 bits per heavy atom. The predicted octanol–water partition coefficient (Wildman–Crippen LogP) is 6.19. The van der Waals surface area contributed by atoms with Crippen LogP contribution < -0.4 is 10.6 Å². The summed E-state index contributed by atoms with van der Waals surface area (Å²) in [4.78, 5) is 66.4. The summed E-state index contributed by atoms with van der Waals surface area (Å²) < 4.78 is 30.0. The number of anilines is 1. The molecule has 1 aliphatic heterocycles. The van der Waals surface area contributed by atoms with Gasteiger partial charge in [0.2, 0.25) is 17.6 Å². The Balaban J connectivity index is 1.28. The summed E-state index contributed by atoms with van der Waals surface area (Å²) in [5.74, 6) is -0.996. The first-order valence-corrected chi connectivity index (χ1v) is 17.3. The Kier molecular flexibility index (Phi) is 11.1. The zero-order chi connectivity index (χ0) is 34.6. The second kappa shape index (κ2) is 15.1. The SMILES string of the molecule is CCOC(=O)c1cc2cc(NC(=O)[C@@H]3[C@@H](C4CCC(=O)CC4)CCN3C(=O)C3CCC([C@@H](CF)NC(=O)OC(C)(C)C)CC3)ccc2o1. The molecule has 48 heavy (non-hydrogen) atoms. The minimum Gasteiger partial charge on any atom is -0.460 e. The number of alkyl halides is 1. The van der Waals surface area contributed by atoms with E-state index in [2.05, 4.69) is 10.6 Å². The van der Waals surface area contributed by atoms with Gasteiger partial charge in [-0.3, -0.25) is 14.4 Å². The van der Waals surface area contributed by atoms with Crippen molar-refractivity contribution in [2.75, 3.05) is 25.1 Å². The molecular weight excluding hydrogens is 621 g/mol. The number of ketones is 1.